The fourth-order valence-electron chi connectivity index (χ4n) is 6.53. The van der Waals surface area contributed by atoms with E-state index in [2.05, 4.69) is 155 Å². The molecule has 0 bridgehead atoms. The summed E-state index contributed by atoms with van der Waals surface area (Å²) in [5, 5.41) is 8.78. The van der Waals surface area contributed by atoms with Gasteiger partial charge in [-0.1, -0.05) is 109 Å². The molecule has 0 aliphatic carbocycles. The Morgan fingerprint density at radius 2 is 1.25 bits per heavy atom. The Kier molecular flexibility index (Phi) is 5.75. The first-order chi connectivity index (χ1) is 21.8. The van der Waals surface area contributed by atoms with Crippen LogP contribution in [-0.4, -0.2) is 10.3 Å². The number of aromatic nitrogens is 1. The molecule has 1 aliphatic rings. The minimum atomic E-state index is -0.178. The molecule has 0 radical (unpaired) electrons. The van der Waals surface area contributed by atoms with E-state index in [9.17, 15) is 0 Å². The molecule has 3 nitrogen and oxygen atoms in total. The summed E-state index contributed by atoms with van der Waals surface area (Å²) >= 11 is 1.86. The Morgan fingerprint density at radius 1 is 0.545 bits per heavy atom. The van der Waals surface area contributed by atoms with E-state index < -0.39 is 0 Å². The van der Waals surface area contributed by atoms with Gasteiger partial charge in [-0.3, -0.25) is 4.99 Å². The third kappa shape index (κ3) is 4.07. The SMILES string of the molecule is C1=C(c2ccccc2)NC(c2ccccc2)N=C1c1ccc2c3ccccc3n(-c3ccc4sc5ccccc5c4c3)c2c1. The lowest BCUT2D eigenvalue weighted by Crippen LogP contribution is -2.24. The number of nitrogens with one attached hydrogen (secondary N) is 1. The molecule has 1 aliphatic heterocycles. The zero-order valence-electron chi connectivity index (χ0n) is 23.8. The fraction of sp³-hybridized carbons (Fsp3) is 0.0250. The molecule has 0 fully saturated rings. The molecule has 0 saturated heterocycles. The van der Waals surface area contributed by atoms with Crippen molar-refractivity contribution in [3.05, 3.63) is 168 Å². The maximum Gasteiger partial charge on any atom is 0.145 e. The number of para-hydroxylation sites is 1. The second-order valence-electron chi connectivity index (χ2n) is 11.3. The number of benzene rings is 6. The molecule has 9 rings (SSSR count). The molecule has 8 aromatic rings. The molecular formula is C40H27N3S. The van der Waals surface area contributed by atoms with Crippen molar-refractivity contribution in [3.8, 4) is 5.69 Å². The lowest BCUT2D eigenvalue weighted by atomic mass is 10.0. The Hall–Kier alpha value is -5.45. The summed E-state index contributed by atoms with van der Waals surface area (Å²) in [6.45, 7) is 0. The van der Waals surface area contributed by atoms with E-state index in [4.69, 9.17) is 4.99 Å². The normalized spacial score (nSPS) is 15.0. The van der Waals surface area contributed by atoms with Crippen molar-refractivity contribution in [1.29, 1.82) is 0 Å². The summed E-state index contributed by atoms with van der Waals surface area (Å²) in [6, 6.07) is 52.1. The van der Waals surface area contributed by atoms with E-state index in [1.807, 2.05) is 17.4 Å². The van der Waals surface area contributed by atoms with Gasteiger partial charge in [-0.2, -0.15) is 0 Å². The van der Waals surface area contributed by atoms with Crippen molar-refractivity contribution in [2.24, 2.45) is 4.99 Å². The molecule has 1 atom stereocenters. The van der Waals surface area contributed by atoms with Crippen molar-refractivity contribution >= 4 is 64.7 Å². The Balaban J connectivity index is 1.26. The molecule has 208 valence electrons. The monoisotopic (exact) mass is 581 g/mol. The third-order valence-electron chi connectivity index (χ3n) is 8.63. The van der Waals surface area contributed by atoms with Crippen molar-refractivity contribution in [3.63, 3.8) is 0 Å². The van der Waals surface area contributed by atoms with Crippen LogP contribution in [0.25, 0.3) is 53.4 Å². The maximum atomic E-state index is 5.25. The van der Waals surface area contributed by atoms with Crippen LogP contribution in [0.5, 0.6) is 0 Å². The molecule has 4 heteroatoms. The van der Waals surface area contributed by atoms with Crippen molar-refractivity contribution in [2.45, 2.75) is 6.17 Å². The van der Waals surface area contributed by atoms with Crippen LogP contribution in [0.2, 0.25) is 0 Å². The molecule has 6 aromatic carbocycles. The summed E-state index contributed by atoms with van der Waals surface area (Å²) in [5.74, 6) is 0. The average molecular weight is 582 g/mol. The average Bonchev–Trinajstić information content (AvgIpc) is 3.64. The summed E-state index contributed by atoms with van der Waals surface area (Å²) in [6.07, 6.45) is 2.01. The highest BCUT2D eigenvalue weighted by molar-refractivity contribution is 7.25. The predicted octanol–water partition coefficient (Wildman–Crippen LogP) is 10.3. The van der Waals surface area contributed by atoms with Gasteiger partial charge in [-0.25, -0.2) is 0 Å². The van der Waals surface area contributed by atoms with Crippen LogP contribution in [0.3, 0.4) is 0 Å². The second kappa shape index (κ2) is 10.1. The number of hydrogen-bond donors (Lipinski definition) is 1. The van der Waals surface area contributed by atoms with Gasteiger partial charge in [0, 0.05) is 47.9 Å². The maximum absolute atomic E-state index is 5.25. The number of allylic oxidation sites excluding steroid dienone is 1. The standard InChI is InChI=1S/C40H27N3S/c1-3-11-26(12-4-1)34-25-35(42-40(41-34)27-13-5-2-6-14-27)28-19-21-31-30-15-7-9-17-36(30)43(37(31)23-28)29-20-22-39-33(24-29)32-16-8-10-18-38(32)44-39/h1-25,40-41H. The van der Waals surface area contributed by atoms with Crippen LogP contribution in [0.4, 0.5) is 0 Å². The quantitative estimate of drug-likeness (QED) is 0.220. The lowest BCUT2D eigenvalue weighted by Gasteiger charge is -2.25. The molecule has 3 heterocycles. The van der Waals surface area contributed by atoms with Crippen molar-refractivity contribution in [2.75, 3.05) is 0 Å². The van der Waals surface area contributed by atoms with E-state index in [0.29, 0.717) is 0 Å². The lowest BCUT2D eigenvalue weighted by molar-refractivity contribution is 0.664. The van der Waals surface area contributed by atoms with E-state index in [-0.39, 0.29) is 6.17 Å². The highest BCUT2D eigenvalue weighted by Crippen LogP contribution is 2.38. The molecule has 0 spiro atoms. The first-order valence-corrected chi connectivity index (χ1v) is 15.7. The zero-order chi connectivity index (χ0) is 29.0. The molecular weight excluding hydrogens is 555 g/mol. The van der Waals surface area contributed by atoms with Gasteiger partial charge < -0.3 is 9.88 Å². The minimum Gasteiger partial charge on any atom is -0.360 e. The van der Waals surface area contributed by atoms with Crippen molar-refractivity contribution < 1.29 is 0 Å². The van der Waals surface area contributed by atoms with Gasteiger partial charge >= 0.3 is 0 Å². The molecule has 44 heavy (non-hydrogen) atoms. The van der Waals surface area contributed by atoms with E-state index in [1.54, 1.807) is 0 Å². The highest BCUT2D eigenvalue weighted by atomic mass is 32.1. The van der Waals surface area contributed by atoms with E-state index in [1.165, 1.54) is 47.7 Å². The number of hydrogen-bond acceptors (Lipinski definition) is 3. The molecule has 0 amide bonds. The van der Waals surface area contributed by atoms with E-state index >= 15 is 0 Å². The molecule has 2 aromatic heterocycles. The molecule has 1 N–H and O–H groups in total. The second-order valence-corrected chi connectivity index (χ2v) is 12.3. The van der Waals surface area contributed by atoms with E-state index in [0.717, 1.165) is 28.1 Å². The molecule has 0 saturated carbocycles. The summed E-state index contributed by atoms with van der Waals surface area (Å²) in [7, 11) is 0. The fourth-order valence-corrected chi connectivity index (χ4v) is 7.62. The minimum absolute atomic E-state index is 0.178. The topological polar surface area (TPSA) is 29.3 Å². The number of rotatable bonds is 4. The first kappa shape index (κ1) is 25.1. The highest BCUT2D eigenvalue weighted by Gasteiger charge is 2.21. The van der Waals surface area contributed by atoms with Crippen LogP contribution in [0.15, 0.2) is 157 Å². The smallest absolute Gasteiger partial charge is 0.145 e. The predicted molar refractivity (Wildman–Crippen MR) is 187 cm³/mol. The van der Waals surface area contributed by atoms with Gasteiger partial charge in [0.2, 0.25) is 0 Å². The Morgan fingerprint density at radius 3 is 2.11 bits per heavy atom. The largest absolute Gasteiger partial charge is 0.360 e. The number of aliphatic imine (C=N–C) groups is 1. The van der Waals surface area contributed by atoms with Crippen LogP contribution >= 0.6 is 11.3 Å². The van der Waals surface area contributed by atoms with Crippen LogP contribution < -0.4 is 5.32 Å². The Bertz CT molecular complexity index is 2410. The first-order valence-electron chi connectivity index (χ1n) is 14.9. The van der Waals surface area contributed by atoms with Gasteiger partial charge in [0.25, 0.3) is 0 Å². The van der Waals surface area contributed by atoms with Gasteiger partial charge in [0.05, 0.1) is 16.7 Å². The van der Waals surface area contributed by atoms with Gasteiger partial charge in [0.1, 0.15) is 6.17 Å². The van der Waals surface area contributed by atoms with Crippen LogP contribution in [-0.2, 0) is 0 Å². The van der Waals surface area contributed by atoms with Crippen LogP contribution in [0.1, 0.15) is 22.9 Å². The number of nitrogens with zero attached hydrogens (tertiary/aromatic N) is 2. The number of thiophene rings is 1. The zero-order valence-corrected chi connectivity index (χ0v) is 24.6. The summed E-state index contributed by atoms with van der Waals surface area (Å²) in [5.41, 5.74) is 8.96. The summed E-state index contributed by atoms with van der Waals surface area (Å²) < 4.78 is 5.05. The third-order valence-corrected chi connectivity index (χ3v) is 9.78. The Labute approximate surface area is 259 Å². The number of fused-ring (bicyclic) bond motifs is 6. The summed E-state index contributed by atoms with van der Waals surface area (Å²) in [4.78, 5) is 5.25. The van der Waals surface area contributed by atoms with Gasteiger partial charge in [0.15, 0.2) is 0 Å². The van der Waals surface area contributed by atoms with Crippen LogP contribution in [0, 0.1) is 0 Å². The van der Waals surface area contributed by atoms with Gasteiger partial charge in [-0.05, 0) is 53.6 Å². The molecule has 1 unspecified atom stereocenters. The van der Waals surface area contributed by atoms with Crippen molar-refractivity contribution in [1.82, 2.24) is 9.88 Å². The van der Waals surface area contributed by atoms with Gasteiger partial charge in [-0.15, -0.1) is 11.3 Å².